The average molecular weight is 400 g/mol. The van der Waals surface area contributed by atoms with E-state index in [-0.39, 0.29) is 36.1 Å². The summed E-state index contributed by atoms with van der Waals surface area (Å²) < 4.78 is 19.8. The van der Waals surface area contributed by atoms with E-state index in [4.69, 9.17) is 4.74 Å². The Morgan fingerprint density at radius 3 is 2.48 bits per heavy atom. The molecule has 2 aromatic carbocycles. The fourth-order valence-electron chi connectivity index (χ4n) is 2.91. The topological polar surface area (TPSA) is 58.6 Å². The van der Waals surface area contributed by atoms with Crippen molar-refractivity contribution in [3.63, 3.8) is 0 Å². The van der Waals surface area contributed by atoms with Crippen LogP contribution in [0.5, 0.6) is 5.75 Å². The van der Waals surface area contributed by atoms with Crippen LogP contribution in [-0.2, 0) is 11.2 Å². The molecular formula is C23H29FN2O3. The molecule has 0 heterocycles. The second kappa shape index (κ2) is 11.3. The van der Waals surface area contributed by atoms with Crippen molar-refractivity contribution >= 4 is 11.7 Å². The zero-order valence-corrected chi connectivity index (χ0v) is 17.3. The number of amides is 1. The Kier molecular flexibility index (Phi) is 8.80. The number of para-hydroxylation sites is 1. The van der Waals surface area contributed by atoms with Crippen LogP contribution >= 0.6 is 0 Å². The number of ether oxygens (including phenoxy) is 1. The maximum absolute atomic E-state index is 14.2. The summed E-state index contributed by atoms with van der Waals surface area (Å²) in [7, 11) is 3.83. The minimum Gasteiger partial charge on any atom is -0.493 e. The van der Waals surface area contributed by atoms with Crippen LogP contribution in [0.15, 0.2) is 48.5 Å². The molecule has 0 aromatic heterocycles. The first kappa shape index (κ1) is 22.6. The number of nitrogens with zero attached hydrogens (tertiary/aromatic N) is 1. The van der Waals surface area contributed by atoms with Crippen molar-refractivity contribution < 1.29 is 18.7 Å². The molecule has 1 amide bonds. The van der Waals surface area contributed by atoms with Gasteiger partial charge in [-0.1, -0.05) is 31.2 Å². The summed E-state index contributed by atoms with van der Waals surface area (Å²) in [6.07, 6.45) is 1.10. The van der Waals surface area contributed by atoms with E-state index in [0.717, 1.165) is 11.3 Å². The van der Waals surface area contributed by atoms with Crippen LogP contribution in [0.3, 0.4) is 0 Å². The predicted octanol–water partition coefficient (Wildman–Crippen LogP) is 3.48. The molecule has 0 aliphatic carbocycles. The van der Waals surface area contributed by atoms with E-state index in [1.807, 2.05) is 49.3 Å². The maximum Gasteiger partial charge on any atom is 0.223 e. The molecule has 0 fully saturated rings. The van der Waals surface area contributed by atoms with Crippen molar-refractivity contribution in [3.05, 3.63) is 65.5 Å². The van der Waals surface area contributed by atoms with Gasteiger partial charge in [-0.2, -0.15) is 0 Å². The third-order valence-corrected chi connectivity index (χ3v) is 4.73. The molecule has 0 saturated carbocycles. The van der Waals surface area contributed by atoms with E-state index < -0.39 is 5.82 Å². The largest absolute Gasteiger partial charge is 0.493 e. The monoisotopic (exact) mass is 400 g/mol. The fourth-order valence-corrected chi connectivity index (χ4v) is 2.91. The van der Waals surface area contributed by atoms with Crippen molar-refractivity contribution in [2.75, 3.05) is 27.2 Å². The molecule has 6 heteroatoms. The average Bonchev–Trinajstić information content (AvgIpc) is 2.71. The van der Waals surface area contributed by atoms with Crippen molar-refractivity contribution in [2.24, 2.45) is 0 Å². The predicted molar refractivity (Wildman–Crippen MR) is 112 cm³/mol. The molecule has 5 nitrogen and oxygen atoms in total. The van der Waals surface area contributed by atoms with Crippen LogP contribution in [-0.4, -0.2) is 49.9 Å². The van der Waals surface area contributed by atoms with Gasteiger partial charge in [-0.15, -0.1) is 0 Å². The Morgan fingerprint density at radius 2 is 1.86 bits per heavy atom. The molecule has 1 atom stereocenters. The van der Waals surface area contributed by atoms with Crippen molar-refractivity contribution in [2.45, 2.75) is 32.2 Å². The number of ketones is 1. The lowest BCUT2D eigenvalue weighted by Gasteiger charge is -2.25. The molecule has 0 unspecified atom stereocenters. The lowest BCUT2D eigenvalue weighted by Crippen LogP contribution is -2.41. The smallest absolute Gasteiger partial charge is 0.223 e. The van der Waals surface area contributed by atoms with Crippen LogP contribution < -0.4 is 10.1 Å². The van der Waals surface area contributed by atoms with Gasteiger partial charge < -0.3 is 15.0 Å². The summed E-state index contributed by atoms with van der Waals surface area (Å²) in [4.78, 5) is 25.8. The summed E-state index contributed by atoms with van der Waals surface area (Å²) in [6, 6.07) is 14.1. The van der Waals surface area contributed by atoms with Gasteiger partial charge in [-0.25, -0.2) is 4.39 Å². The highest BCUT2D eigenvalue weighted by atomic mass is 19.1. The normalized spacial score (nSPS) is 11.9. The standard InChI is InChI=1S/C23H29FN2O3/c1-4-22(27)20-11-10-17(15-21(20)24)14-18(26(2)3)16-25-23(28)12-13-29-19-8-6-5-7-9-19/h5-11,15,18H,4,12-14,16H2,1-3H3,(H,25,28)/t18-/m0/s1. The van der Waals surface area contributed by atoms with Gasteiger partial charge in [0.1, 0.15) is 11.6 Å². The summed E-state index contributed by atoms with van der Waals surface area (Å²) in [5.41, 5.74) is 0.917. The third-order valence-electron chi connectivity index (χ3n) is 4.73. The Balaban J connectivity index is 1.84. The van der Waals surface area contributed by atoms with E-state index >= 15 is 0 Å². The number of likely N-dealkylation sites (N-methyl/N-ethyl adjacent to an activating group) is 1. The summed E-state index contributed by atoms with van der Waals surface area (Å²) in [6.45, 7) is 2.46. The molecule has 2 rings (SSSR count). The molecule has 0 spiro atoms. The van der Waals surface area contributed by atoms with Gasteiger partial charge in [0.05, 0.1) is 18.6 Å². The highest BCUT2D eigenvalue weighted by Gasteiger charge is 2.16. The first-order valence-corrected chi connectivity index (χ1v) is 9.83. The zero-order chi connectivity index (χ0) is 21.2. The highest BCUT2D eigenvalue weighted by Crippen LogP contribution is 2.15. The molecular weight excluding hydrogens is 371 g/mol. The number of benzene rings is 2. The van der Waals surface area contributed by atoms with Gasteiger partial charge in [-0.3, -0.25) is 9.59 Å². The van der Waals surface area contributed by atoms with Crippen molar-refractivity contribution in [1.29, 1.82) is 0 Å². The Hall–Kier alpha value is -2.73. The summed E-state index contributed by atoms with van der Waals surface area (Å²) >= 11 is 0. The fraction of sp³-hybridized carbons (Fsp3) is 0.391. The van der Waals surface area contributed by atoms with Crippen LogP contribution in [0, 0.1) is 5.82 Å². The Bertz CT molecular complexity index is 809. The quantitative estimate of drug-likeness (QED) is 0.587. The SMILES string of the molecule is CCC(=O)c1ccc(C[C@@H](CNC(=O)CCOc2ccccc2)N(C)C)cc1F. The lowest BCUT2D eigenvalue weighted by molar-refractivity contribution is -0.121. The molecule has 0 saturated heterocycles. The minimum absolute atomic E-state index is 0.00104. The second-order valence-electron chi connectivity index (χ2n) is 7.13. The molecule has 29 heavy (non-hydrogen) atoms. The van der Waals surface area contributed by atoms with Gasteiger partial charge in [0.15, 0.2) is 5.78 Å². The van der Waals surface area contributed by atoms with Crippen LogP contribution in [0.1, 0.15) is 35.7 Å². The van der Waals surface area contributed by atoms with E-state index in [0.29, 0.717) is 19.6 Å². The van der Waals surface area contributed by atoms with Crippen molar-refractivity contribution in [3.8, 4) is 5.75 Å². The van der Waals surface area contributed by atoms with Gasteiger partial charge >= 0.3 is 0 Å². The number of carbonyl (C=O) groups excluding carboxylic acids is 2. The summed E-state index contributed by atoms with van der Waals surface area (Å²) in [5.74, 6) is -0.0569. The van der Waals surface area contributed by atoms with E-state index in [2.05, 4.69) is 5.32 Å². The van der Waals surface area contributed by atoms with Crippen LogP contribution in [0.4, 0.5) is 4.39 Å². The molecule has 0 aliphatic rings. The first-order valence-electron chi connectivity index (χ1n) is 9.83. The minimum atomic E-state index is -0.492. The lowest BCUT2D eigenvalue weighted by atomic mass is 10.0. The number of hydrogen-bond donors (Lipinski definition) is 1. The number of carbonyl (C=O) groups is 2. The molecule has 0 aliphatic heterocycles. The molecule has 0 radical (unpaired) electrons. The first-order chi connectivity index (χ1) is 13.9. The van der Waals surface area contributed by atoms with E-state index in [1.54, 1.807) is 19.1 Å². The van der Waals surface area contributed by atoms with Crippen LogP contribution in [0.25, 0.3) is 0 Å². The number of rotatable bonds is 11. The van der Waals surface area contributed by atoms with Gasteiger partial charge in [0.2, 0.25) is 5.91 Å². The third kappa shape index (κ3) is 7.31. The second-order valence-corrected chi connectivity index (χ2v) is 7.13. The maximum atomic E-state index is 14.2. The molecule has 156 valence electrons. The zero-order valence-electron chi connectivity index (χ0n) is 17.3. The van der Waals surface area contributed by atoms with Gasteiger partial charge in [0, 0.05) is 19.0 Å². The van der Waals surface area contributed by atoms with E-state index in [1.165, 1.54) is 6.07 Å². The van der Waals surface area contributed by atoms with Gasteiger partial charge in [-0.05, 0) is 50.3 Å². The van der Waals surface area contributed by atoms with Crippen LogP contribution in [0.2, 0.25) is 0 Å². The van der Waals surface area contributed by atoms with Crippen molar-refractivity contribution in [1.82, 2.24) is 10.2 Å². The molecule has 2 aromatic rings. The number of hydrogen-bond acceptors (Lipinski definition) is 4. The van der Waals surface area contributed by atoms with Gasteiger partial charge in [0.25, 0.3) is 0 Å². The molecule has 1 N–H and O–H groups in total. The summed E-state index contributed by atoms with van der Waals surface area (Å²) in [5, 5.41) is 2.92. The highest BCUT2D eigenvalue weighted by molar-refractivity contribution is 5.96. The number of Topliss-reactive ketones (excluding diaryl/α,β-unsaturated/α-hetero) is 1. The Morgan fingerprint density at radius 1 is 1.14 bits per heavy atom. The Labute approximate surface area is 171 Å². The number of nitrogens with one attached hydrogen (secondary N) is 1. The number of halogens is 1. The molecule has 0 bridgehead atoms. The van der Waals surface area contributed by atoms with E-state index in [9.17, 15) is 14.0 Å².